The summed E-state index contributed by atoms with van der Waals surface area (Å²) in [7, 11) is 5.33. The van der Waals surface area contributed by atoms with Crippen LogP contribution in [-0.4, -0.2) is 36.9 Å². The highest BCUT2D eigenvalue weighted by Gasteiger charge is 2.11. The highest BCUT2D eigenvalue weighted by Crippen LogP contribution is 2.13. The third kappa shape index (κ3) is 3.73. The molecule has 0 unspecified atom stereocenters. The van der Waals surface area contributed by atoms with Crippen LogP contribution < -0.4 is 5.32 Å². The van der Waals surface area contributed by atoms with Gasteiger partial charge in [0.05, 0.1) is 0 Å². The Balaban J connectivity index is 3.00. The molecule has 4 heteroatoms. The summed E-state index contributed by atoms with van der Waals surface area (Å²) in [5, 5.41) is 3.00. The van der Waals surface area contributed by atoms with Gasteiger partial charge in [0.2, 0.25) is 0 Å². The lowest BCUT2D eigenvalue weighted by molar-refractivity contribution is 0.0827. The normalized spacial score (nSPS) is 10.1. The summed E-state index contributed by atoms with van der Waals surface area (Å²) in [6, 6.07) is 3.68. The molecule has 0 spiro atoms. The van der Waals surface area contributed by atoms with E-state index in [1.807, 2.05) is 13.1 Å². The second-order valence-electron chi connectivity index (χ2n) is 4.29. The molecule has 1 N–H and O–H groups in total. The zero-order chi connectivity index (χ0) is 12.8. The SMILES string of the molecule is CCCCc1cc(C(=O)N(C)C)cc(NC)n1. The summed E-state index contributed by atoms with van der Waals surface area (Å²) in [5.41, 5.74) is 1.67. The van der Waals surface area contributed by atoms with Gasteiger partial charge in [0.25, 0.3) is 5.91 Å². The van der Waals surface area contributed by atoms with Crippen LogP contribution >= 0.6 is 0 Å². The van der Waals surface area contributed by atoms with Crippen LogP contribution in [0.4, 0.5) is 5.82 Å². The van der Waals surface area contributed by atoms with Crippen molar-refractivity contribution in [2.75, 3.05) is 26.5 Å². The molecule has 0 radical (unpaired) electrons. The van der Waals surface area contributed by atoms with Crippen LogP contribution in [0.1, 0.15) is 35.8 Å². The molecule has 1 aromatic heterocycles. The maximum absolute atomic E-state index is 11.9. The van der Waals surface area contributed by atoms with Crippen molar-refractivity contribution in [3.05, 3.63) is 23.4 Å². The fourth-order valence-electron chi connectivity index (χ4n) is 1.58. The Labute approximate surface area is 103 Å². The Morgan fingerprint density at radius 3 is 2.65 bits per heavy atom. The molecule has 0 aliphatic rings. The lowest BCUT2D eigenvalue weighted by Crippen LogP contribution is -2.22. The van der Waals surface area contributed by atoms with E-state index in [9.17, 15) is 4.79 Å². The van der Waals surface area contributed by atoms with Gasteiger partial charge in [0.1, 0.15) is 5.82 Å². The van der Waals surface area contributed by atoms with Crippen LogP contribution in [0.2, 0.25) is 0 Å². The summed E-state index contributed by atoms with van der Waals surface area (Å²) < 4.78 is 0. The molecule has 94 valence electrons. The number of hydrogen-bond donors (Lipinski definition) is 1. The molecule has 0 fully saturated rings. The van der Waals surface area contributed by atoms with E-state index in [0.717, 1.165) is 30.8 Å². The van der Waals surface area contributed by atoms with Gasteiger partial charge in [0, 0.05) is 32.4 Å². The monoisotopic (exact) mass is 235 g/mol. The Hall–Kier alpha value is -1.58. The van der Waals surface area contributed by atoms with Crippen molar-refractivity contribution >= 4 is 11.7 Å². The molecular weight excluding hydrogens is 214 g/mol. The first-order chi connectivity index (χ1) is 8.08. The molecule has 0 atom stereocenters. The first-order valence-electron chi connectivity index (χ1n) is 5.98. The maximum Gasteiger partial charge on any atom is 0.253 e. The number of hydrogen-bond acceptors (Lipinski definition) is 3. The van der Waals surface area contributed by atoms with Crippen LogP contribution in [0.5, 0.6) is 0 Å². The molecule has 1 heterocycles. The second kappa shape index (κ2) is 6.23. The molecule has 0 aliphatic carbocycles. The van der Waals surface area contributed by atoms with Gasteiger partial charge in [-0.05, 0) is 25.0 Å². The molecular formula is C13H21N3O. The topological polar surface area (TPSA) is 45.2 Å². The number of amides is 1. The first kappa shape index (κ1) is 13.5. The Morgan fingerprint density at radius 1 is 1.41 bits per heavy atom. The average molecular weight is 235 g/mol. The minimum Gasteiger partial charge on any atom is -0.373 e. The molecule has 0 saturated heterocycles. The van der Waals surface area contributed by atoms with Crippen LogP contribution in [0.25, 0.3) is 0 Å². The van der Waals surface area contributed by atoms with E-state index in [2.05, 4.69) is 17.2 Å². The van der Waals surface area contributed by atoms with E-state index in [1.165, 1.54) is 0 Å². The van der Waals surface area contributed by atoms with Crippen molar-refractivity contribution < 1.29 is 4.79 Å². The minimum absolute atomic E-state index is 0.0154. The van der Waals surface area contributed by atoms with E-state index in [1.54, 1.807) is 25.1 Å². The van der Waals surface area contributed by atoms with Crippen LogP contribution in [0, 0.1) is 0 Å². The number of unbranched alkanes of at least 4 members (excludes halogenated alkanes) is 1. The third-order valence-electron chi connectivity index (χ3n) is 2.57. The Morgan fingerprint density at radius 2 is 2.12 bits per heavy atom. The molecule has 0 bridgehead atoms. The van der Waals surface area contributed by atoms with Crippen molar-refractivity contribution in [2.45, 2.75) is 26.2 Å². The largest absolute Gasteiger partial charge is 0.373 e. The van der Waals surface area contributed by atoms with Crippen molar-refractivity contribution in [3.8, 4) is 0 Å². The van der Waals surface area contributed by atoms with Gasteiger partial charge in [0.15, 0.2) is 0 Å². The number of rotatable bonds is 5. The summed E-state index contributed by atoms with van der Waals surface area (Å²) in [4.78, 5) is 17.9. The summed E-state index contributed by atoms with van der Waals surface area (Å²) in [5.74, 6) is 0.769. The van der Waals surface area contributed by atoms with Crippen molar-refractivity contribution in [2.24, 2.45) is 0 Å². The zero-order valence-corrected chi connectivity index (χ0v) is 11.1. The lowest BCUT2D eigenvalue weighted by Gasteiger charge is -2.12. The number of aryl methyl sites for hydroxylation is 1. The van der Waals surface area contributed by atoms with Crippen LogP contribution in [0.3, 0.4) is 0 Å². The number of anilines is 1. The van der Waals surface area contributed by atoms with Gasteiger partial charge in [-0.3, -0.25) is 4.79 Å². The first-order valence-corrected chi connectivity index (χ1v) is 5.98. The fourth-order valence-corrected chi connectivity index (χ4v) is 1.58. The van der Waals surface area contributed by atoms with Gasteiger partial charge in [-0.2, -0.15) is 0 Å². The van der Waals surface area contributed by atoms with Crippen molar-refractivity contribution in [1.29, 1.82) is 0 Å². The number of pyridine rings is 1. The number of nitrogens with one attached hydrogen (secondary N) is 1. The predicted octanol–water partition coefficient (Wildman–Crippen LogP) is 2.17. The molecule has 1 aromatic rings. The lowest BCUT2D eigenvalue weighted by atomic mass is 10.1. The summed E-state index contributed by atoms with van der Waals surface area (Å²) in [6.45, 7) is 2.15. The quantitative estimate of drug-likeness (QED) is 0.850. The molecule has 1 rings (SSSR count). The second-order valence-corrected chi connectivity index (χ2v) is 4.29. The van der Waals surface area contributed by atoms with E-state index in [4.69, 9.17) is 0 Å². The molecule has 0 saturated carbocycles. The zero-order valence-electron chi connectivity index (χ0n) is 11.1. The standard InChI is InChI=1S/C13H21N3O/c1-5-6-7-11-8-10(13(17)16(3)4)9-12(14-2)15-11/h8-9H,5-7H2,1-4H3,(H,14,15). The number of carbonyl (C=O) groups excluding carboxylic acids is 1. The highest BCUT2D eigenvalue weighted by atomic mass is 16.2. The summed E-state index contributed by atoms with van der Waals surface area (Å²) >= 11 is 0. The van der Waals surface area contributed by atoms with E-state index < -0.39 is 0 Å². The van der Waals surface area contributed by atoms with Crippen LogP contribution in [-0.2, 0) is 6.42 Å². The average Bonchev–Trinajstić information content (AvgIpc) is 2.34. The molecule has 0 aromatic carbocycles. The van der Waals surface area contributed by atoms with Crippen molar-refractivity contribution in [1.82, 2.24) is 9.88 Å². The summed E-state index contributed by atoms with van der Waals surface area (Å²) in [6.07, 6.45) is 3.14. The van der Waals surface area contributed by atoms with E-state index >= 15 is 0 Å². The minimum atomic E-state index is 0.0154. The maximum atomic E-state index is 11.9. The molecule has 0 aliphatic heterocycles. The fraction of sp³-hybridized carbons (Fsp3) is 0.538. The molecule has 1 amide bonds. The van der Waals surface area contributed by atoms with Gasteiger partial charge < -0.3 is 10.2 Å². The number of aromatic nitrogens is 1. The Kier molecular flexibility index (Phi) is 4.94. The Bertz CT molecular complexity index is 388. The number of carbonyl (C=O) groups is 1. The van der Waals surface area contributed by atoms with Crippen molar-refractivity contribution in [3.63, 3.8) is 0 Å². The molecule has 17 heavy (non-hydrogen) atoms. The third-order valence-corrected chi connectivity index (χ3v) is 2.57. The molecule has 4 nitrogen and oxygen atoms in total. The van der Waals surface area contributed by atoms with E-state index in [-0.39, 0.29) is 5.91 Å². The van der Waals surface area contributed by atoms with Crippen LogP contribution in [0.15, 0.2) is 12.1 Å². The highest BCUT2D eigenvalue weighted by molar-refractivity contribution is 5.94. The van der Waals surface area contributed by atoms with Gasteiger partial charge in [-0.15, -0.1) is 0 Å². The van der Waals surface area contributed by atoms with Gasteiger partial charge >= 0.3 is 0 Å². The van der Waals surface area contributed by atoms with Gasteiger partial charge in [-0.1, -0.05) is 13.3 Å². The smallest absolute Gasteiger partial charge is 0.253 e. The number of nitrogens with zero attached hydrogens (tertiary/aromatic N) is 2. The predicted molar refractivity (Wildman–Crippen MR) is 70.4 cm³/mol. The van der Waals surface area contributed by atoms with Gasteiger partial charge in [-0.25, -0.2) is 4.98 Å². The van der Waals surface area contributed by atoms with E-state index in [0.29, 0.717) is 5.56 Å².